The Morgan fingerprint density at radius 2 is 1.46 bits per heavy atom. The molecule has 0 saturated carbocycles. The number of hydrazine groups is 1. The second kappa shape index (κ2) is 9.83. The minimum Gasteiger partial charge on any atom is -0.445 e. The Hall–Kier alpha value is -3.35. The van der Waals surface area contributed by atoms with Crippen LogP contribution < -0.4 is 16.2 Å². The van der Waals surface area contributed by atoms with Crippen molar-refractivity contribution in [1.82, 2.24) is 16.2 Å². The first-order valence-electron chi connectivity index (χ1n) is 8.12. The van der Waals surface area contributed by atoms with Crippen molar-refractivity contribution in [1.29, 1.82) is 0 Å². The molecule has 0 aliphatic carbocycles. The average Bonchev–Trinajstić information content (AvgIpc) is 2.65. The van der Waals surface area contributed by atoms with Crippen LogP contribution in [0.4, 0.5) is 4.79 Å². The quantitative estimate of drug-likeness (QED) is 0.687. The third-order valence-corrected chi connectivity index (χ3v) is 3.47. The lowest BCUT2D eigenvalue weighted by Crippen LogP contribution is -2.52. The molecule has 3 N–H and O–H groups in total. The van der Waals surface area contributed by atoms with Crippen molar-refractivity contribution >= 4 is 17.9 Å². The van der Waals surface area contributed by atoms with E-state index in [0.717, 1.165) is 11.1 Å². The fraction of sp³-hybridized carbons (Fsp3) is 0.211. The third kappa shape index (κ3) is 6.64. The van der Waals surface area contributed by atoms with Crippen molar-refractivity contribution in [2.45, 2.75) is 26.0 Å². The van der Waals surface area contributed by atoms with Crippen LogP contribution in [0.2, 0.25) is 0 Å². The topological polar surface area (TPSA) is 96.5 Å². The van der Waals surface area contributed by atoms with Crippen LogP contribution in [0.5, 0.6) is 0 Å². The lowest BCUT2D eigenvalue weighted by molar-refractivity contribution is -0.129. The molecule has 0 aliphatic rings. The summed E-state index contributed by atoms with van der Waals surface area (Å²) in [4.78, 5) is 35.3. The van der Waals surface area contributed by atoms with Crippen molar-refractivity contribution in [3.05, 3.63) is 71.8 Å². The molecule has 0 aromatic heterocycles. The number of alkyl carbamates (subject to hydrolysis) is 1. The summed E-state index contributed by atoms with van der Waals surface area (Å²) in [7, 11) is 0. The van der Waals surface area contributed by atoms with Gasteiger partial charge in [0.2, 0.25) is 5.91 Å². The van der Waals surface area contributed by atoms with Gasteiger partial charge in [-0.2, -0.15) is 0 Å². The largest absolute Gasteiger partial charge is 0.445 e. The summed E-state index contributed by atoms with van der Waals surface area (Å²) in [5.41, 5.74) is 6.18. The Morgan fingerprint density at radius 3 is 2.04 bits per heavy atom. The lowest BCUT2D eigenvalue weighted by atomic mass is 10.1. The summed E-state index contributed by atoms with van der Waals surface area (Å²) in [6, 6.07) is 17.5. The summed E-state index contributed by atoms with van der Waals surface area (Å²) >= 11 is 0. The highest BCUT2D eigenvalue weighted by Gasteiger charge is 2.22. The Bertz CT molecular complexity index is 735. The zero-order valence-corrected chi connectivity index (χ0v) is 14.4. The number of ether oxygens (including phenoxy) is 1. The molecule has 0 fully saturated rings. The van der Waals surface area contributed by atoms with Gasteiger partial charge in [-0.1, -0.05) is 60.7 Å². The van der Waals surface area contributed by atoms with Crippen molar-refractivity contribution in [2.24, 2.45) is 0 Å². The van der Waals surface area contributed by atoms with Gasteiger partial charge in [-0.25, -0.2) is 4.79 Å². The number of hydrogen-bond acceptors (Lipinski definition) is 4. The van der Waals surface area contributed by atoms with Gasteiger partial charge < -0.3 is 10.1 Å². The molecule has 7 nitrogen and oxygen atoms in total. The molecule has 0 bridgehead atoms. The van der Waals surface area contributed by atoms with Gasteiger partial charge in [-0.3, -0.25) is 20.4 Å². The molecule has 2 aromatic rings. The molecule has 0 aliphatic heterocycles. The zero-order valence-electron chi connectivity index (χ0n) is 14.4. The van der Waals surface area contributed by atoms with E-state index in [0.29, 0.717) is 0 Å². The summed E-state index contributed by atoms with van der Waals surface area (Å²) in [6.07, 6.45) is -0.458. The monoisotopic (exact) mass is 355 g/mol. The highest BCUT2D eigenvalue weighted by molar-refractivity contribution is 5.87. The number of hydrogen-bond donors (Lipinski definition) is 3. The van der Waals surface area contributed by atoms with Crippen molar-refractivity contribution in [3.63, 3.8) is 0 Å². The van der Waals surface area contributed by atoms with Crippen LogP contribution in [-0.4, -0.2) is 23.9 Å². The maximum atomic E-state index is 12.3. The number of rotatable bonds is 6. The van der Waals surface area contributed by atoms with Gasteiger partial charge in [-0.15, -0.1) is 0 Å². The highest BCUT2D eigenvalue weighted by Crippen LogP contribution is 2.05. The number of benzene rings is 2. The van der Waals surface area contributed by atoms with E-state index in [1.807, 2.05) is 60.7 Å². The van der Waals surface area contributed by atoms with Crippen LogP contribution in [0.15, 0.2) is 60.7 Å². The molecule has 0 saturated heterocycles. The Labute approximate surface area is 151 Å². The van der Waals surface area contributed by atoms with Crippen molar-refractivity contribution in [3.8, 4) is 0 Å². The van der Waals surface area contributed by atoms with E-state index in [9.17, 15) is 14.4 Å². The summed E-state index contributed by atoms with van der Waals surface area (Å²) < 4.78 is 5.15. The minimum absolute atomic E-state index is 0.0953. The highest BCUT2D eigenvalue weighted by atomic mass is 16.5. The molecule has 136 valence electrons. The Kier molecular flexibility index (Phi) is 7.17. The maximum Gasteiger partial charge on any atom is 0.408 e. The molecule has 0 spiro atoms. The Morgan fingerprint density at radius 1 is 0.885 bits per heavy atom. The molecule has 2 aromatic carbocycles. The van der Waals surface area contributed by atoms with Gasteiger partial charge in [0.1, 0.15) is 12.6 Å². The van der Waals surface area contributed by atoms with Crippen molar-refractivity contribution in [2.75, 3.05) is 0 Å². The predicted octanol–water partition coefficient (Wildman–Crippen LogP) is 1.69. The standard InChI is InChI=1S/C19H21N3O4/c1-14(23)21-22-18(24)17(12-15-8-4-2-5-9-15)20-19(25)26-13-16-10-6-3-7-11-16/h2-11,17H,12-13H2,1H3,(H,20,25)(H,21,23)(H,22,24)/t17-/m0/s1. The Balaban J connectivity index is 1.96. The van der Waals surface area contributed by atoms with E-state index in [4.69, 9.17) is 4.74 Å². The van der Waals surface area contributed by atoms with Crippen LogP contribution in [0, 0.1) is 0 Å². The van der Waals surface area contributed by atoms with Crippen LogP contribution in [0.3, 0.4) is 0 Å². The number of nitrogens with one attached hydrogen (secondary N) is 3. The predicted molar refractivity (Wildman–Crippen MR) is 95.7 cm³/mol. The second-order valence-electron chi connectivity index (χ2n) is 5.62. The first kappa shape index (κ1) is 19.0. The number of amides is 3. The summed E-state index contributed by atoms with van der Waals surface area (Å²) in [6.45, 7) is 1.37. The molecule has 3 amide bonds. The molecule has 0 radical (unpaired) electrons. The third-order valence-electron chi connectivity index (χ3n) is 3.47. The van der Waals surface area contributed by atoms with E-state index in [2.05, 4.69) is 16.2 Å². The molecule has 1 atom stereocenters. The van der Waals surface area contributed by atoms with E-state index in [1.165, 1.54) is 6.92 Å². The van der Waals surface area contributed by atoms with Crippen LogP contribution >= 0.6 is 0 Å². The smallest absolute Gasteiger partial charge is 0.408 e. The molecule has 26 heavy (non-hydrogen) atoms. The first-order chi connectivity index (χ1) is 12.5. The van der Waals surface area contributed by atoms with Crippen molar-refractivity contribution < 1.29 is 19.1 Å². The fourth-order valence-corrected chi connectivity index (χ4v) is 2.20. The zero-order chi connectivity index (χ0) is 18.8. The molecular weight excluding hydrogens is 334 g/mol. The van der Waals surface area contributed by atoms with Gasteiger partial charge in [0.05, 0.1) is 0 Å². The van der Waals surface area contributed by atoms with E-state index in [1.54, 1.807) is 0 Å². The molecular formula is C19H21N3O4. The van der Waals surface area contributed by atoms with Crippen LogP contribution in [0.25, 0.3) is 0 Å². The van der Waals surface area contributed by atoms with Gasteiger partial charge in [0, 0.05) is 13.3 Å². The molecule has 0 heterocycles. The number of carbonyl (C=O) groups is 3. The summed E-state index contributed by atoms with van der Waals surface area (Å²) in [5, 5.41) is 2.53. The van der Waals surface area contributed by atoms with E-state index >= 15 is 0 Å². The number of carbonyl (C=O) groups excluding carboxylic acids is 3. The van der Waals surface area contributed by atoms with Crippen LogP contribution in [-0.2, 0) is 27.4 Å². The first-order valence-corrected chi connectivity index (χ1v) is 8.12. The van der Waals surface area contributed by atoms with Gasteiger partial charge >= 0.3 is 6.09 Å². The normalized spacial score (nSPS) is 11.1. The fourth-order valence-electron chi connectivity index (χ4n) is 2.20. The van der Waals surface area contributed by atoms with Gasteiger partial charge in [-0.05, 0) is 11.1 Å². The second-order valence-corrected chi connectivity index (χ2v) is 5.62. The SMILES string of the molecule is CC(=O)NNC(=O)[C@H](Cc1ccccc1)NC(=O)OCc1ccccc1. The van der Waals surface area contributed by atoms with Gasteiger partial charge in [0.15, 0.2) is 0 Å². The van der Waals surface area contributed by atoms with Gasteiger partial charge in [0.25, 0.3) is 5.91 Å². The van der Waals surface area contributed by atoms with E-state index in [-0.39, 0.29) is 13.0 Å². The van der Waals surface area contributed by atoms with E-state index < -0.39 is 23.9 Å². The lowest BCUT2D eigenvalue weighted by Gasteiger charge is -2.18. The molecule has 2 rings (SSSR count). The molecule has 7 heteroatoms. The summed E-state index contributed by atoms with van der Waals surface area (Å²) in [5.74, 6) is -0.954. The molecule has 0 unspecified atom stereocenters. The maximum absolute atomic E-state index is 12.3. The minimum atomic E-state index is -0.896. The average molecular weight is 355 g/mol. The van der Waals surface area contributed by atoms with Crippen LogP contribution in [0.1, 0.15) is 18.1 Å².